The average molecular weight is 364 g/mol. The number of rotatable bonds is 4. The standard InChI is InChI=1S/C18H24NPSe/c1-15(16-11-7-5-8-12-16)19-20(21,18(2,3)4)17-13-9-6-10-14-17/h5-15H,1-4H3,(H,19,21)/t15-,20?/m1/s1. The van der Waals surface area contributed by atoms with Gasteiger partial charge < -0.3 is 0 Å². The van der Waals surface area contributed by atoms with E-state index in [4.69, 9.17) is 0 Å². The van der Waals surface area contributed by atoms with Crippen molar-refractivity contribution in [2.45, 2.75) is 38.9 Å². The second-order valence-corrected chi connectivity index (χ2v) is 13.2. The maximum absolute atomic E-state index is 3.92. The Labute approximate surface area is 136 Å². The first-order chi connectivity index (χ1) is 9.84. The molecule has 1 nitrogen and oxygen atoms in total. The third-order valence-electron chi connectivity index (χ3n) is 3.74. The van der Waals surface area contributed by atoms with E-state index in [0.29, 0.717) is 6.04 Å². The Balaban J connectivity index is 2.37. The maximum atomic E-state index is 3.92. The summed E-state index contributed by atoms with van der Waals surface area (Å²) in [6, 6.07) is 21.8. The Morgan fingerprint density at radius 3 is 1.86 bits per heavy atom. The summed E-state index contributed by atoms with van der Waals surface area (Å²) in [6.45, 7) is 9.19. The summed E-state index contributed by atoms with van der Waals surface area (Å²) in [7, 11) is 0. The molecule has 0 aliphatic heterocycles. The van der Waals surface area contributed by atoms with Gasteiger partial charge in [0.15, 0.2) is 0 Å². The van der Waals surface area contributed by atoms with E-state index in [1.165, 1.54) is 10.9 Å². The van der Waals surface area contributed by atoms with Gasteiger partial charge in [-0.2, -0.15) is 0 Å². The van der Waals surface area contributed by atoms with E-state index in [2.05, 4.69) is 109 Å². The van der Waals surface area contributed by atoms with Crippen LogP contribution in [0.2, 0.25) is 0 Å². The summed E-state index contributed by atoms with van der Waals surface area (Å²) in [5, 5.41) is 5.47. The summed E-state index contributed by atoms with van der Waals surface area (Å²) >= 11 is 3.55. The predicted octanol–water partition coefficient (Wildman–Crippen LogP) is 4.48. The molecular weight excluding hydrogens is 340 g/mol. The molecule has 112 valence electrons. The molecule has 2 aromatic rings. The van der Waals surface area contributed by atoms with Gasteiger partial charge in [-0.25, -0.2) is 0 Å². The third-order valence-corrected chi connectivity index (χ3v) is 12.8. The number of nitrogens with one attached hydrogen (secondary N) is 1. The molecule has 1 unspecified atom stereocenters. The monoisotopic (exact) mass is 365 g/mol. The quantitative estimate of drug-likeness (QED) is 0.623. The van der Waals surface area contributed by atoms with Gasteiger partial charge in [0.1, 0.15) is 0 Å². The molecule has 0 radical (unpaired) electrons. The summed E-state index contributed by atoms with van der Waals surface area (Å²) in [5.41, 5.74) is -0.271. The Kier molecular flexibility index (Phi) is 5.28. The second kappa shape index (κ2) is 6.63. The first-order valence-corrected chi connectivity index (χ1v) is 11.3. The van der Waals surface area contributed by atoms with Crippen LogP contribution >= 0.6 is 5.66 Å². The molecule has 0 saturated carbocycles. The molecule has 2 atom stereocenters. The van der Waals surface area contributed by atoms with Crippen LogP contribution in [0.3, 0.4) is 0 Å². The van der Waals surface area contributed by atoms with Crippen LogP contribution in [-0.2, 0) is 0 Å². The summed E-state index contributed by atoms with van der Waals surface area (Å²) in [4.78, 5) is 0. The molecule has 2 aromatic carbocycles. The van der Waals surface area contributed by atoms with Crippen molar-refractivity contribution in [3.8, 4) is 0 Å². The molecule has 0 spiro atoms. The van der Waals surface area contributed by atoms with Gasteiger partial charge in [-0.1, -0.05) is 0 Å². The molecule has 0 aromatic heterocycles. The molecule has 0 aliphatic rings. The van der Waals surface area contributed by atoms with Crippen LogP contribution in [0.5, 0.6) is 0 Å². The van der Waals surface area contributed by atoms with Crippen molar-refractivity contribution < 1.29 is 0 Å². The van der Waals surface area contributed by atoms with Crippen molar-refractivity contribution >= 4 is 26.1 Å². The van der Waals surface area contributed by atoms with E-state index >= 15 is 0 Å². The van der Waals surface area contributed by atoms with Crippen LogP contribution in [0.15, 0.2) is 60.7 Å². The minimum atomic E-state index is -1.60. The van der Waals surface area contributed by atoms with Gasteiger partial charge in [0.05, 0.1) is 0 Å². The molecule has 3 heteroatoms. The van der Waals surface area contributed by atoms with E-state index < -0.39 is 5.66 Å². The molecule has 0 bridgehead atoms. The van der Waals surface area contributed by atoms with E-state index in [0.717, 1.165) is 0 Å². The molecule has 0 amide bonds. The molecule has 2 rings (SSSR count). The van der Waals surface area contributed by atoms with E-state index in [1.807, 2.05) is 0 Å². The minimum absolute atomic E-state index is 0.164. The molecule has 0 heterocycles. The van der Waals surface area contributed by atoms with Crippen LogP contribution < -0.4 is 10.4 Å². The molecule has 1 N–H and O–H groups in total. The van der Waals surface area contributed by atoms with Crippen LogP contribution in [-0.4, -0.2) is 20.3 Å². The fourth-order valence-electron chi connectivity index (χ4n) is 2.38. The number of hydrogen-bond donors (Lipinski definition) is 1. The SMILES string of the molecule is C[C@@H](NP(=[Se])(c1ccccc1)C(C)(C)C)c1ccccc1. The van der Waals surface area contributed by atoms with Crippen LogP contribution in [0.25, 0.3) is 0 Å². The van der Waals surface area contributed by atoms with Gasteiger partial charge in [-0.15, -0.1) is 0 Å². The zero-order chi connectivity index (χ0) is 15.5. The zero-order valence-corrected chi connectivity index (χ0v) is 15.8. The first-order valence-electron chi connectivity index (χ1n) is 7.33. The second-order valence-electron chi connectivity index (χ2n) is 6.38. The fraction of sp³-hybridized carbons (Fsp3) is 0.333. The van der Waals surface area contributed by atoms with Gasteiger partial charge in [-0.3, -0.25) is 0 Å². The third kappa shape index (κ3) is 3.76. The molecule has 0 aliphatic carbocycles. The van der Waals surface area contributed by atoms with Crippen molar-refractivity contribution in [1.82, 2.24) is 5.09 Å². The van der Waals surface area contributed by atoms with Crippen molar-refractivity contribution in [2.24, 2.45) is 0 Å². The first kappa shape index (κ1) is 16.7. The van der Waals surface area contributed by atoms with Crippen molar-refractivity contribution in [3.05, 3.63) is 66.2 Å². The number of hydrogen-bond acceptors (Lipinski definition) is 1. The topological polar surface area (TPSA) is 12.0 Å². The van der Waals surface area contributed by atoms with Gasteiger partial charge in [0.25, 0.3) is 0 Å². The summed E-state index contributed by atoms with van der Waals surface area (Å²) in [6.07, 6.45) is 0. The van der Waals surface area contributed by atoms with E-state index in [9.17, 15) is 0 Å². The fourth-order valence-corrected chi connectivity index (χ4v) is 6.74. The Morgan fingerprint density at radius 1 is 0.905 bits per heavy atom. The van der Waals surface area contributed by atoms with Crippen LogP contribution in [0.4, 0.5) is 0 Å². The van der Waals surface area contributed by atoms with Crippen molar-refractivity contribution in [2.75, 3.05) is 0 Å². The Bertz CT molecular complexity index is 617. The predicted molar refractivity (Wildman–Crippen MR) is 96.5 cm³/mol. The Morgan fingerprint density at radius 2 is 1.38 bits per heavy atom. The zero-order valence-electron chi connectivity index (χ0n) is 13.2. The molecular formula is C18H24NPSe. The van der Waals surface area contributed by atoms with Crippen LogP contribution in [0, 0.1) is 0 Å². The summed E-state index contributed by atoms with van der Waals surface area (Å²) < 4.78 is 0. The van der Waals surface area contributed by atoms with Crippen molar-refractivity contribution in [3.63, 3.8) is 0 Å². The molecule has 0 saturated heterocycles. The van der Waals surface area contributed by atoms with Gasteiger partial charge in [0.2, 0.25) is 0 Å². The normalized spacial score (nSPS) is 16.2. The van der Waals surface area contributed by atoms with Crippen LogP contribution in [0.1, 0.15) is 39.3 Å². The van der Waals surface area contributed by atoms with Gasteiger partial charge in [0, 0.05) is 0 Å². The van der Waals surface area contributed by atoms with E-state index in [-0.39, 0.29) is 5.16 Å². The van der Waals surface area contributed by atoms with Gasteiger partial charge in [-0.05, 0) is 0 Å². The van der Waals surface area contributed by atoms with Gasteiger partial charge >= 0.3 is 136 Å². The molecule has 0 fully saturated rings. The average Bonchev–Trinajstić information content (AvgIpc) is 2.47. The number of benzene rings is 2. The molecule has 21 heavy (non-hydrogen) atoms. The summed E-state index contributed by atoms with van der Waals surface area (Å²) in [5.74, 6) is 0. The Hall–Kier alpha value is -0.651. The van der Waals surface area contributed by atoms with Crippen molar-refractivity contribution in [1.29, 1.82) is 0 Å². The van der Waals surface area contributed by atoms with E-state index in [1.54, 1.807) is 0 Å².